The van der Waals surface area contributed by atoms with Crippen LogP contribution < -0.4 is 15.3 Å². The molecular weight excluding hydrogens is 283 g/mol. The molecule has 0 saturated carbocycles. The molecule has 128 valence electrons. The molecule has 4 nitrogen and oxygen atoms in total. The van der Waals surface area contributed by atoms with Gasteiger partial charge in [0.1, 0.15) is 0 Å². The average Bonchev–Trinajstić information content (AvgIpc) is 2.44. The quantitative estimate of drug-likeness (QED) is 0.671. The predicted octanol–water partition coefficient (Wildman–Crippen LogP) is 0.838. The van der Waals surface area contributed by atoms with Crippen LogP contribution in [-0.2, 0) is 0 Å². The van der Waals surface area contributed by atoms with Gasteiger partial charge in [-0.05, 0) is 6.42 Å². The summed E-state index contributed by atoms with van der Waals surface area (Å²) in [5.41, 5.74) is 0. The summed E-state index contributed by atoms with van der Waals surface area (Å²) < 4.78 is 0. The van der Waals surface area contributed by atoms with Crippen molar-refractivity contribution in [2.24, 2.45) is 0 Å². The van der Waals surface area contributed by atoms with Crippen LogP contribution in [0.1, 0.15) is 79.1 Å². The molecule has 5 heteroatoms. The van der Waals surface area contributed by atoms with E-state index < -0.39 is 0 Å². The van der Waals surface area contributed by atoms with E-state index >= 15 is 0 Å². The maximum absolute atomic E-state index is 9.53. The predicted molar refractivity (Wildman–Crippen MR) is 87.1 cm³/mol. The molecule has 0 aromatic carbocycles. The average molecular weight is 320 g/mol. The molecule has 0 heterocycles. The molecule has 0 amide bonds. The first-order valence-corrected chi connectivity index (χ1v) is 8.01. The largest absolute Gasteiger partial charge is 3.00 e. The SMILES string of the molecule is CCCCO.CCCC[O-].CCCC[O-].CCCC[O-].[Al+3]. The van der Waals surface area contributed by atoms with Crippen LogP contribution in [0.4, 0.5) is 0 Å². The van der Waals surface area contributed by atoms with Crippen molar-refractivity contribution in [2.45, 2.75) is 79.1 Å². The van der Waals surface area contributed by atoms with Gasteiger partial charge in [0.2, 0.25) is 0 Å². The van der Waals surface area contributed by atoms with Crippen molar-refractivity contribution in [1.82, 2.24) is 0 Å². The third-order valence-corrected chi connectivity index (χ3v) is 2.01. The van der Waals surface area contributed by atoms with Crippen molar-refractivity contribution in [3.8, 4) is 0 Å². The van der Waals surface area contributed by atoms with Crippen molar-refractivity contribution in [2.75, 3.05) is 26.4 Å². The van der Waals surface area contributed by atoms with E-state index in [0.717, 1.165) is 51.4 Å². The molecular formula is C16H37AlO4. The van der Waals surface area contributed by atoms with E-state index in [-0.39, 0.29) is 37.2 Å². The summed E-state index contributed by atoms with van der Waals surface area (Å²) in [4.78, 5) is 0. The minimum atomic E-state index is 0. The zero-order valence-corrected chi connectivity index (χ0v) is 15.9. The maximum atomic E-state index is 9.53. The standard InChI is InChI=1S/C4H10O.3C4H9O.Al/c4*1-2-3-4-5;/h5H,2-4H2,1H3;3*2-4H2,1H3;/q;3*-1;+3. The molecule has 0 fully saturated rings. The van der Waals surface area contributed by atoms with Gasteiger partial charge in [-0.1, -0.05) is 72.6 Å². The van der Waals surface area contributed by atoms with Crippen molar-refractivity contribution >= 4 is 17.4 Å². The molecule has 0 saturated heterocycles. The molecule has 1 N–H and O–H groups in total. The fourth-order valence-electron chi connectivity index (χ4n) is 0.591. The van der Waals surface area contributed by atoms with Gasteiger partial charge >= 0.3 is 17.4 Å². The van der Waals surface area contributed by atoms with Crippen LogP contribution in [0.2, 0.25) is 0 Å². The Morgan fingerprint density at radius 1 is 0.571 bits per heavy atom. The van der Waals surface area contributed by atoms with Gasteiger partial charge < -0.3 is 20.4 Å². The summed E-state index contributed by atoms with van der Waals surface area (Å²) in [5.74, 6) is 0. The minimum Gasteiger partial charge on any atom is -0.854 e. The zero-order chi connectivity index (χ0) is 16.5. The maximum Gasteiger partial charge on any atom is 3.00 e. The first-order chi connectivity index (χ1) is 9.66. The van der Waals surface area contributed by atoms with Gasteiger partial charge in [0, 0.05) is 6.61 Å². The Hall–Kier alpha value is 0.372. The third-order valence-electron chi connectivity index (χ3n) is 2.01. The zero-order valence-electron chi connectivity index (χ0n) is 14.7. The van der Waals surface area contributed by atoms with E-state index in [1.807, 2.05) is 20.8 Å². The fourth-order valence-corrected chi connectivity index (χ4v) is 0.591. The van der Waals surface area contributed by atoms with E-state index in [1.165, 1.54) is 0 Å². The molecule has 0 rings (SSSR count). The second-order valence-corrected chi connectivity index (χ2v) is 4.25. The smallest absolute Gasteiger partial charge is 0.854 e. The second kappa shape index (κ2) is 49.9. The number of rotatable bonds is 8. The topological polar surface area (TPSA) is 89.4 Å². The Morgan fingerprint density at radius 2 is 0.810 bits per heavy atom. The Kier molecular flexibility index (Phi) is 78.7. The van der Waals surface area contributed by atoms with Crippen LogP contribution in [-0.4, -0.2) is 48.9 Å². The van der Waals surface area contributed by atoms with Gasteiger partial charge in [-0.15, -0.1) is 19.8 Å². The summed E-state index contributed by atoms with van der Waals surface area (Å²) in [7, 11) is 0. The fraction of sp³-hybridized carbons (Fsp3) is 1.00. The van der Waals surface area contributed by atoms with E-state index in [4.69, 9.17) is 5.11 Å². The van der Waals surface area contributed by atoms with E-state index in [9.17, 15) is 15.3 Å². The Morgan fingerprint density at radius 3 is 0.810 bits per heavy atom. The number of aliphatic hydroxyl groups excluding tert-OH is 1. The van der Waals surface area contributed by atoms with Gasteiger partial charge in [-0.3, -0.25) is 0 Å². The third kappa shape index (κ3) is 98.1. The Balaban J connectivity index is -0.0000000533. The van der Waals surface area contributed by atoms with Crippen molar-refractivity contribution in [3.05, 3.63) is 0 Å². The first kappa shape index (κ1) is 33.1. The molecule has 0 aliphatic rings. The van der Waals surface area contributed by atoms with Crippen LogP contribution in [0.3, 0.4) is 0 Å². The number of unbranched alkanes of at least 4 members (excludes halogenated alkanes) is 4. The molecule has 0 bridgehead atoms. The Labute approximate surface area is 143 Å². The van der Waals surface area contributed by atoms with Gasteiger partial charge in [-0.25, -0.2) is 0 Å². The summed E-state index contributed by atoms with van der Waals surface area (Å²) >= 11 is 0. The summed E-state index contributed by atoms with van der Waals surface area (Å²) in [5, 5.41) is 36.7. The monoisotopic (exact) mass is 320 g/mol. The van der Waals surface area contributed by atoms with Crippen LogP contribution in [0.15, 0.2) is 0 Å². The molecule has 0 radical (unpaired) electrons. The van der Waals surface area contributed by atoms with Crippen LogP contribution >= 0.6 is 0 Å². The number of hydrogen-bond acceptors (Lipinski definition) is 4. The summed E-state index contributed by atoms with van der Waals surface area (Å²) in [6, 6.07) is 0. The van der Waals surface area contributed by atoms with Gasteiger partial charge in [-0.2, -0.15) is 0 Å². The summed E-state index contributed by atoms with van der Waals surface area (Å²) in [6.45, 7) is 8.71. The van der Waals surface area contributed by atoms with Gasteiger partial charge in [0.25, 0.3) is 0 Å². The van der Waals surface area contributed by atoms with Crippen LogP contribution in [0, 0.1) is 0 Å². The first-order valence-electron chi connectivity index (χ1n) is 8.01. The van der Waals surface area contributed by atoms with E-state index in [1.54, 1.807) is 0 Å². The van der Waals surface area contributed by atoms with E-state index in [0.29, 0.717) is 6.61 Å². The molecule has 0 aromatic rings. The molecule has 0 spiro atoms. The summed E-state index contributed by atoms with van der Waals surface area (Å²) in [6.07, 6.45) is 7.63. The molecule has 0 aromatic heterocycles. The molecule has 21 heavy (non-hydrogen) atoms. The number of aliphatic hydroxyl groups is 1. The molecule has 0 aliphatic heterocycles. The van der Waals surface area contributed by atoms with Crippen molar-refractivity contribution < 1.29 is 20.4 Å². The molecule has 0 atom stereocenters. The Bertz CT molecular complexity index is 74.3. The van der Waals surface area contributed by atoms with Crippen molar-refractivity contribution in [1.29, 1.82) is 0 Å². The van der Waals surface area contributed by atoms with Gasteiger partial charge in [0.05, 0.1) is 0 Å². The minimum absolute atomic E-state index is 0. The van der Waals surface area contributed by atoms with Crippen LogP contribution in [0.5, 0.6) is 0 Å². The van der Waals surface area contributed by atoms with Gasteiger partial charge in [0.15, 0.2) is 0 Å². The van der Waals surface area contributed by atoms with Crippen LogP contribution in [0.25, 0.3) is 0 Å². The normalized spacial score (nSPS) is 8.00. The molecule has 0 unspecified atom stereocenters. The second-order valence-electron chi connectivity index (χ2n) is 4.25. The van der Waals surface area contributed by atoms with Crippen molar-refractivity contribution in [3.63, 3.8) is 0 Å². The molecule has 0 aliphatic carbocycles. The number of hydrogen-bond donors (Lipinski definition) is 1. The van der Waals surface area contributed by atoms with E-state index in [2.05, 4.69) is 6.92 Å².